The van der Waals surface area contributed by atoms with Gasteiger partial charge in [0.05, 0.1) is 17.8 Å². The number of aromatic nitrogens is 1. The molecule has 7 nitrogen and oxygen atoms in total. The predicted molar refractivity (Wildman–Crippen MR) is 108 cm³/mol. The fourth-order valence-corrected chi connectivity index (χ4v) is 3.10. The van der Waals surface area contributed by atoms with Crippen molar-refractivity contribution in [1.82, 2.24) is 4.98 Å². The van der Waals surface area contributed by atoms with Gasteiger partial charge in [0.15, 0.2) is 5.54 Å². The van der Waals surface area contributed by atoms with E-state index in [2.05, 4.69) is 20.0 Å². The smallest absolute Gasteiger partial charge is 0.275 e. The van der Waals surface area contributed by atoms with Gasteiger partial charge in [-0.05, 0) is 18.2 Å². The van der Waals surface area contributed by atoms with Gasteiger partial charge in [-0.2, -0.15) is 0 Å². The Bertz CT molecular complexity index is 996. The lowest BCUT2D eigenvalue weighted by molar-refractivity contribution is -0.0145. The van der Waals surface area contributed by atoms with E-state index in [1.165, 1.54) is 12.1 Å². The number of nitrogens with zero attached hydrogens (tertiary/aromatic N) is 2. The van der Waals surface area contributed by atoms with E-state index in [1.54, 1.807) is 0 Å². The number of anilines is 1. The van der Waals surface area contributed by atoms with Gasteiger partial charge in [-0.1, -0.05) is 11.6 Å². The third-order valence-corrected chi connectivity index (χ3v) is 4.51. The molecular weight excluding hydrogens is 467 g/mol. The number of alkyl halides is 3. The number of amides is 1. The lowest BCUT2D eigenvalue weighted by atomic mass is 9.90. The number of ether oxygens (including phenoxy) is 2. The largest absolute Gasteiger partial charge is 0.461 e. The number of carbonyl (C=O) groups is 1. The Kier molecular flexibility index (Phi) is 8.04. The summed E-state index contributed by atoms with van der Waals surface area (Å²) in [5, 5.41) is 2.26. The first-order valence-corrected chi connectivity index (χ1v) is 8.80. The Hall–Kier alpha value is -2.63. The van der Waals surface area contributed by atoms with Crippen molar-refractivity contribution < 1.29 is 31.8 Å². The van der Waals surface area contributed by atoms with Crippen LogP contribution in [0.15, 0.2) is 35.5 Å². The van der Waals surface area contributed by atoms with E-state index in [0.29, 0.717) is 0 Å². The maximum atomic E-state index is 14.4. The molecule has 0 unspecified atom stereocenters. The number of pyridine rings is 1. The summed E-state index contributed by atoms with van der Waals surface area (Å²) in [5.41, 5.74) is 2.42. The highest BCUT2D eigenvalue weighted by atomic mass is 35.5. The molecule has 0 bridgehead atoms. The summed E-state index contributed by atoms with van der Waals surface area (Å²) < 4.78 is 64.0. The fraction of sp³-hybridized carbons (Fsp3) is 0.278. The average molecular weight is 483 g/mol. The van der Waals surface area contributed by atoms with Gasteiger partial charge < -0.3 is 20.5 Å². The molecule has 0 radical (unpaired) electrons. The highest BCUT2D eigenvalue weighted by Gasteiger charge is 2.46. The molecular formula is C18H16Cl2F4N4O3. The maximum absolute atomic E-state index is 14.4. The van der Waals surface area contributed by atoms with Crippen LogP contribution in [-0.4, -0.2) is 43.2 Å². The predicted octanol–water partition coefficient (Wildman–Crippen LogP) is 3.70. The second-order valence-electron chi connectivity index (χ2n) is 6.22. The van der Waals surface area contributed by atoms with Crippen molar-refractivity contribution in [2.24, 2.45) is 10.7 Å². The van der Waals surface area contributed by atoms with Crippen molar-refractivity contribution in [1.29, 1.82) is 0 Å². The number of benzene rings is 1. The fourth-order valence-electron chi connectivity index (χ4n) is 2.85. The molecule has 0 saturated heterocycles. The minimum Gasteiger partial charge on any atom is -0.461 e. The Balaban J connectivity index is 0.00000341. The van der Waals surface area contributed by atoms with Crippen LogP contribution >= 0.6 is 24.0 Å². The lowest BCUT2D eigenvalue weighted by Gasteiger charge is -2.33. The number of aliphatic imine (C=N–C) groups is 1. The number of amidine groups is 1. The van der Waals surface area contributed by atoms with Crippen molar-refractivity contribution >= 4 is 41.4 Å². The average Bonchev–Trinajstić information content (AvgIpc) is 2.69. The van der Waals surface area contributed by atoms with Gasteiger partial charge in [0, 0.05) is 17.3 Å². The highest BCUT2D eigenvalue weighted by molar-refractivity contribution is 6.34. The van der Waals surface area contributed by atoms with E-state index < -0.39 is 42.7 Å². The zero-order valence-corrected chi connectivity index (χ0v) is 17.2. The monoisotopic (exact) mass is 482 g/mol. The van der Waals surface area contributed by atoms with E-state index >= 15 is 0 Å². The number of nitrogens with one attached hydrogen (secondary N) is 1. The molecule has 31 heavy (non-hydrogen) atoms. The van der Waals surface area contributed by atoms with Crippen molar-refractivity contribution in [3.05, 3.63) is 52.6 Å². The molecule has 1 aromatic carbocycles. The summed E-state index contributed by atoms with van der Waals surface area (Å²) in [4.78, 5) is 20.0. The third-order valence-electron chi connectivity index (χ3n) is 4.22. The van der Waals surface area contributed by atoms with Crippen LogP contribution in [-0.2, 0) is 10.3 Å². The number of hydrogen-bond donors (Lipinski definition) is 2. The van der Waals surface area contributed by atoms with Crippen LogP contribution in [0.4, 0.5) is 23.2 Å². The summed E-state index contributed by atoms with van der Waals surface area (Å²) >= 11 is 5.95. The first-order valence-electron chi connectivity index (χ1n) is 8.42. The number of carbonyl (C=O) groups excluding carboxylic acids is 1. The van der Waals surface area contributed by atoms with Crippen molar-refractivity contribution in [3.63, 3.8) is 0 Å². The lowest BCUT2D eigenvalue weighted by Crippen LogP contribution is -2.45. The normalized spacial score (nSPS) is 18.2. The van der Waals surface area contributed by atoms with Gasteiger partial charge in [-0.15, -0.1) is 12.4 Å². The van der Waals surface area contributed by atoms with E-state index in [-0.39, 0.29) is 47.0 Å². The van der Waals surface area contributed by atoms with Gasteiger partial charge in [-0.3, -0.25) is 9.79 Å². The standard InChI is InChI=1S/C18H15ClF4N4O3.ClH/c19-12-4-10(30-8-20)5-25-15(12)16(28)26-9-1-2-13(21)11(3-9)18(17(22)23)7-29-6-14(24)27-18;/h1-5,17H,6-8H2,(H2,24,27)(H,26,28);1H/t18-;/m0./s1. The first kappa shape index (κ1) is 24.6. The highest BCUT2D eigenvalue weighted by Crippen LogP contribution is 2.38. The Morgan fingerprint density at radius 3 is 2.74 bits per heavy atom. The minimum absolute atomic E-state index is 0. The summed E-state index contributed by atoms with van der Waals surface area (Å²) in [6.45, 7) is -1.85. The van der Waals surface area contributed by atoms with Crippen LogP contribution in [0.25, 0.3) is 0 Å². The summed E-state index contributed by atoms with van der Waals surface area (Å²) in [5.74, 6) is -1.98. The molecule has 1 aliphatic rings. The van der Waals surface area contributed by atoms with Crippen molar-refractivity contribution in [2.45, 2.75) is 12.0 Å². The van der Waals surface area contributed by atoms with Crippen LogP contribution in [0.5, 0.6) is 5.75 Å². The zero-order chi connectivity index (χ0) is 21.9. The van der Waals surface area contributed by atoms with Gasteiger partial charge in [0.25, 0.3) is 12.3 Å². The molecule has 168 valence electrons. The number of nitrogens with two attached hydrogens (primary N) is 1. The molecule has 1 aliphatic heterocycles. The number of rotatable bonds is 6. The molecule has 0 fully saturated rings. The summed E-state index contributed by atoms with van der Waals surface area (Å²) in [7, 11) is 0. The molecule has 3 rings (SSSR count). The molecule has 3 N–H and O–H groups in total. The van der Waals surface area contributed by atoms with Crippen LogP contribution in [0.1, 0.15) is 16.1 Å². The first-order chi connectivity index (χ1) is 14.3. The molecule has 1 atom stereocenters. The maximum Gasteiger partial charge on any atom is 0.275 e. The third kappa shape index (κ3) is 5.17. The second kappa shape index (κ2) is 10.1. The summed E-state index contributed by atoms with van der Waals surface area (Å²) in [6.07, 6.45) is -2.05. The van der Waals surface area contributed by atoms with Gasteiger partial charge in [-0.25, -0.2) is 22.5 Å². The van der Waals surface area contributed by atoms with Crippen LogP contribution in [0.3, 0.4) is 0 Å². The Morgan fingerprint density at radius 2 is 2.13 bits per heavy atom. The molecule has 0 spiro atoms. The van der Waals surface area contributed by atoms with Crippen LogP contribution in [0.2, 0.25) is 5.02 Å². The van der Waals surface area contributed by atoms with E-state index in [4.69, 9.17) is 22.1 Å². The number of halogens is 6. The number of hydrogen-bond acceptors (Lipinski definition) is 6. The van der Waals surface area contributed by atoms with Crippen molar-refractivity contribution in [3.8, 4) is 5.75 Å². The van der Waals surface area contributed by atoms with Crippen LogP contribution < -0.4 is 15.8 Å². The molecule has 1 amide bonds. The molecule has 0 saturated carbocycles. The molecule has 2 heterocycles. The Labute approximate surface area is 185 Å². The van der Waals surface area contributed by atoms with E-state index in [1.807, 2.05) is 0 Å². The SMILES string of the molecule is Cl.NC1=N[C@@](c2cc(NC(=O)c3ncc(OCF)cc3Cl)ccc2F)(C(F)F)COC1. The van der Waals surface area contributed by atoms with E-state index in [0.717, 1.165) is 18.3 Å². The van der Waals surface area contributed by atoms with E-state index in [9.17, 15) is 22.4 Å². The Morgan fingerprint density at radius 1 is 1.39 bits per heavy atom. The van der Waals surface area contributed by atoms with Gasteiger partial charge in [0.1, 0.15) is 29.7 Å². The van der Waals surface area contributed by atoms with Crippen molar-refractivity contribution in [2.75, 3.05) is 25.4 Å². The topological polar surface area (TPSA) is 98.8 Å². The van der Waals surface area contributed by atoms with Gasteiger partial charge >= 0.3 is 0 Å². The second-order valence-corrected chi connectivity index (χ2v) is 6.63. The minimum atomic E-state index is -3.13. The molecule has 1 aromatic heterocycles. The summed E-state index contributed by atoms with van der Waals surface area (Å²) in [6, 6.07) is 4.27. The molecule has 0 aliphatic carbocycles. The molecule has 2 aromatic rings. The van der Waals surface area contributed by atoms with Crippen LogP contribution in [0, 0.1) is 5.82 Å². The molecule has 13 heteroatoms. The quantitative estimate of drug-likeness (QED) is 0.611. The zero-order valence-electron chi connectivity index (χ0n) is 15.6. The van der Waals surface area contributed by atoms with Gasteiger partial charge in [0.2, 0.25) is 6.86 Å².